The first-order valence-electron chi connectivity index (χ1n) is 6.93. The normalized spacial score (nSPS) is 10.9. The summed E-state index contributed by atoms with van der Waals surface area (Å²) >= 11 is 0. The minimum Gasteiger partial charge on any atom is -0.493 e. The fourth-order valence-corrected chi connectivity index (χ4v) is 2.08. The summed E-state index contributed by atoms with van der Waals surface area (Å²) in [7, 11) is 3.16. The number of carbonyl (C=O) groups is 1. The number of nitrogens with zero attached hydrogens (tertiary/aromatic N) is 1. The van der Waals surface area contributed by atoms with E-state index in [4.69, 9.17) is 9.47 Å². The number of pyridine rings is 1. The summed E-state index contributed by atoms with van der Waals surface area (Å²) in [5.41, 5.74) is 0.841. The Hall–Kier alpha value is -2.56. The Balaban J connectivity index is 2.27. The number of rotatable bonds is 5. The average molecular weight is 300 g/mol. The number of hydrogen-bond acceptors (Lipinski definition) is 4. The molecule has 1 N–H and O–H groups in total. The van der Waals surface area contributed by atoms with Crippen LogP contribution in [0.5, 0.6) is 11.5 Å². The van der Waals surface area contributed by atoms with Crippen LogP contribution in [0.15, 0.2) is 42.7 Å². The van der Waals surface area contributed by atoms with E-state index in [2.05, 4.69) is 10.3 Å². The van der Waals surface area contributed by atoms with Gasteiger partial charge in [-0.05, 0) is 43.7 Å². The summed E-state index contributed by atoms with van der Waals surface area (Å²) in [5, 5.41) is 2.90. The molecule has 0 saturated carbocycles. The number of nitrogens with one attached hydrogen (secondary N) is 1. The van der Waals surface area contributed by atoms with Crippen molar-refractivity contribution in [3.8, 4) is 11.5 Å². The van der Waals surface area contributed by atoms with Gasteiger partial charge in [0, 0.05) is 18.1 Å². The number of carbonyl (C=O) groups excluding carboxylic acids is 1. The number of benzene rings is 1. The van der Waals surface area contributed by atoms with Crippen LogP contribution in [-0.4, -0.2) is 25.1 Å². The molecule has 116 valence electrons. The molecule has 22 heavy (non-hydrogen) atoms. The fourth-order valence-electron chi connectivity index (χ4n) is 2.08. The molecule has 0 aliphatic carbocycles. The molecule has 0 radical (unpaired) electrons. The molecule has 5 nitrogen and oxygen atoms in total. The van der Waals surface area contributed by atoms with Crippen LogP contribution in [-0.2, 0) is 10.2 Å². The Morgan fingerprint density at radius 2 is 1.68 bits per heavy atom. The quantitative estimate of drug-likeness (QED) is 0.922. The molecule has 1 aromatic heterocycles. The van der Waals surface area contributed by atoms with Crippen LogP contribution in [0, 0.1) is 0 Å². The standard InChI is InChI=1S/C17H20N2O3/c1-17(2,16(20)19-13-7-9-18-10-8-13)12-5-6-14(21-3)15(11-12)22-4/h5-11H,1-4H3,(H,18,19,20). The summed E-state index contributed by atoms with van der Waals surface area (Å²) in [6.45, 7) is 3.73. The summed E-state index contributed by atoms with van der Waals surface area (Å²) in [6, 6.07) is 9.00. The van der Waals surface area contributed by atoms with Gasteiger partial charge in [-0.3, -0.25) is 9.78 Å². The highest BCUT2D eigenvalue weighted by Gasteiger charge is 2.30. The monoisotopic (exact) mass is 300 g/mol. The van der Waals surface area contributed by atoms with E-state index in [-0.39, 0.29) is 5.91 Å². The zero-order valence-corrected chi connectivity index (χ0v) is 13.2. The van der Waals surface area contributed by atoms with Crippen LogP contribution in [0.3, 0.4) is 0 Å². The molecule has 1 amide bonds. The second kappa shape index (κ2) is 6.47. The van der Waals surface area contributed by atoms with Gasteiger partial charge in [-0.25, -0.2) is 0 Å². The summed E-state index contributed by atoms with van der Waals surface area (Å²) in [5.74, 6) is 1.13. The van der Waals surface area contributed by atoms with Crippen molar-refractivity contribution in [2.75, 3.05) is 19.5 Å². The smallest absolute Gasteiger partial charge is 0.234 e. The maximum atomic E-state index is 12.6. The molecule has 0 bridgehead atoms. The van der Waals surface area contributed by atoms with Crippen molar-refractivity contribution in [1.82, 2.24) is 4.98 Å². The van der Waals surface area contributed by atoms with E-state index in [1.165, 1.54) is 0 Å². The lowest BCUT2D eigenvalue weighted by Crippen LogP contribution is -2.34. The third kappa shape index (κ3) is 3.19. The molecule has 1 aromatic carbocycles. The minimum absolute atomic E-state index is 0.106. The third-order valence-electron chi connectivity index (χ3n) is 3.61. The summed E-state index contributed by atoms with van der Waals surface area (Å²) in [4.78, 5) is 16.5. The van der Waals surface area contributed by atoms with Crippen molar-refractivity contribution >= 4 is 11.6 Å². The lowest BCUT2D eigenvalue weighted by Gasteiger charge is -2.25. The van der Waals surface area contributed by atoms with Crippen LogP contribution in [0.4, 0.5) is 5.69 Å². The molecule has 0 fully saturated rings. The molecule has 2 rings (SSSR count). The van der Waals surface area contributed by atoms with Crippen LogP contribution in [0.2, 0.25) is 0 Å². The van der Waals surface area contributed by atoms with Crippen LogP contribution in [0.25, 0.3) is 0 Å². The molecule has 0 aliphatic rings. The van der Waals surface area contributed by atoms with Gasteiger partial charge < -0.3 is 14.8 Å². The molecular weight excluding hydrogens is 280 g/mol. The van der Waals surface area contributed by atoms with Gasteiger partial charge in [0.1, 0.15) is 0 Å². The third-order valence-corrected chi connectivity index (χ3v) is 3.61. The van der Waals surface area contributed by atoms with Gasteiger partial charge in [-0.2, -0.15) is 0 Å². The van der Waals surface area contributed by atoms with Gasteiger partial charge in [-0.15, -0.1) is 0 Å². The van der Waals surface area contributed by atoms with Gasteiger partial charge in [0.05, 0.1) is 19.6 Å². The van der Waals surface area contributed by atoms with Crippen molar-refractivity contribution in [3.05, 3.63) is 48.3 Å². The van der Waals surface area contributed by atoms with Gasteiger partial charge in [-0.1, -0.05) is 6.07 Å². The highest BCUT2D eigenvalue weighted by Crippen LogP contribution is 2.33. The van der Waals surface area contributed by atoms with Gasteiger partial charge in [0.2, 0.25) is 5.91 Å². The van der Waals surface area contributed by atoms with Crippen LogP contribution in [0.1, 0.15) is 19.4 Å². The number of ether oxygens (including phenoxy) is 2. The Bertz CT molecular complexity index is 654. The fraction of sp³-hybridized carbons (Fsp3) is 0.294. The lowest BCUT2D eigenvalue weighted by molar-refractivity contribution is -0.120. The highest BCUT2D eigenvalue weighted by atomic mass is 16.5. The zero-order chi connectivity index (χ0) is 16.2. The molecule has 1 heterocycles. The van der Waals surface area contributed by atoms with Crippen molar-refractivity contribution in [2.45, 2.75) is 19.3 Å². The molecule has 0 saturated heterocycles. The van der Waals surface area contributed by atoms with Crippen molar-refractivity contribution in [3.63, 3.8) is 0 Å². The summed E-state index contributed by atoms with van der Waals surface area (Å²) in [6.07, 6.45) is 3.28. The zero-order valence-electron chi connectivity index (χ0n) is 13.2. The first-order valence-corrected chi connectivity index (χ1v) is 6.93. The van der Waals surface area contributed by atoms with Crippen LogP contribution >= 0.6 is 0 Å². The van der Waals surface area contributed by atoms with E-state index < -0.39 is 5.41 Å². The van der Waals surface area contributed by atoms with E-state index >= 15 is 0 Å². The molecule has 2 aromatic rings. The molecule has 0 unspecified atom stereocenters. The highest BCUT2D eigenvalue weighted by molar-refractivity contribution is 5.98. The predicted molar refractivity (Wildman–Crippen MR) is 85.4 cm³/mol. The number of aromatic nitrogens is 1. The van der Waals surface area contributed by atoms with Gasteiger partial charge in [0.25, 0.3) is 0 Å². The Kier molecular flexibility index (Phi) is 4.65. The Morgan fingerprint density at radius 3 is 2.27 bits per heavy atom. The van der Waals surface area contributed by atoms with Crippen molar-refractivity contribution in [1.29, 1.82) is 0 Å². The van der Waals surface area contributed by atoms with E-state index in [9.17, 15) is 4.79 Å². The molecule has 5 heteroatoms. The number of amides is 1. The number of methoxy groups -OCH3 is 2. The SMILES string of the molecule is COc1ccc(C(C)(C)C(=O)Nc2ccncc2)cc1OC. The average Bonchev–Trinajstić information content (AvgIpc) is 2.54. The van der Waals surface area contributed by atoms with Gasteiger partial charge in [0.15, 0.2) is 11.5 Å². The van der Waals surface area contributed by atoms with Crippen molar-refractivity contribution in [2.24, 2.45) is 0 Å². The second-order valence-corrected chi connectivity index (χ2v) is 5.38. The summed E-state index contributed by atoms with van der Waals surface area (Å²) < 4.78 is 10.5. The molecule has 0 aliphatic heterocycles. The largest absolute Gasteiger partial charge is 0.493 e. The van der Waals surface area contributed by atoms with E-state index in [1.54, 1.807) is 44.8 Å². The first kappa shape index (κ1) is 15.8. The molecular formula is C17H20N2O3. The molecule has 0 spiro atoms. The maximum Gasteiger partial charge on any atom is 0.234 e. The van der Waals surface area contributed by atoms with E-state index in [0.717, 1.165) is 5.56 Å². The van der Waals surface area contributed by atoms with E-state index in [1.807, 2.05) is 26.0 Å². The number of hydrogen-bond donors (Lipinski definition) is 1. The molecule has 0 atom stereocenters. The Morgan fingerprint density at radius 1 is 1.05 bits per heavy atom. The topological polar surface area (TPSA) is 60.5 Å². The maximum absolute atomic E-state index is 12.6. The second-order valence-electron chi connectivity index (χ2n) is 5.38. The Labute approximate surface area is 130 Å². The van der Waals surface area contributed by atoms with E-state index in [0.29, 0.717) is 17.2 Å². The first-order chi connectivity index (χ1) is 10.5. The van der Waals surface area contributed by atoms with Gasteiger partial charge >= 0.3 is 0 Å². The minimum atomic E-state index is -0.719. The van der Waals surface area contributed by atoms with Crippen molar-refractivity contribution < 1.29 is 14.3 Å². The number of anilines is 1. The van der Waals surface area contributed by atoms with Crippen LogP contribution < -0.4 is 14.8 Å². The predicted octanol–water partition coefficient (Wildman–Crippen LogP) is 3.02. The lowest BCUT2D eigenvalue weighted by atomic mass is 9.83.